The van der Waals surface area contributed by atoms with Crippen LogP contribution in [0, 0.1) is 0 Å². The number of aromatic nitrogens is 3. The number of benzene rings is 1. The van der Waals surface area contributed by atoms with E-state index in [0.29, 0.717) is 10.7 Å². The van der Waals surface area contributed by atoms with E-state index in [-0.39, 0.29) is 24.6 Å². The second-order valence-electron chi connectivity index (χ2n) is 5.47. The van der Waals surface area contributed by atoms with Crippen LogP contribution in [0.3, 0.4) is 0 Å². The van der Waals surface area contributed by atoms with Crippen LogP contribution < -0.4 is 5.56 Å². The zero-order chi connectivity index (χ0) is 17.2. The van der Waals surface area contributed by atoms with E-state index in [1.807, 2.05) is 30.3 Å². The van der Waals surface area contributed by atoms with Crippen LogP contribution in [0.1, 0.15) is 11.3 Å². The number of esters is 1. The lowest BCUT2D eigenvalue weighted by Gasteiger charge is -2.07. The van der Waals surface area contributed by atoms with Crippen LogP contribution in [0.2, 0.25) is 0 Å². The number of fused-ring (bicyclic) bond motifs is 2. The monoisotopic (exact) mass is 351 g/mol. The molecule has 0 N–H and O–H groups in total. The van der Waals surface area contributed by atoms with Gasteiger partial charge in [0.15, 0.2) is 4.96 Å². The number of para-hydroxylation sites is 1. The molecule has 0 radical (unpaired) electrons. The molecule has 7 heteroatoms. The van der Waals surface area contributed by atoms with Crippen molar-refractivity contribution in [3.8, 4) is 0 Å². The van der Waals surface area contributed by atoms with Crippen molar-refractivity contribution in [2.45, 2.75) is 13.0 Å². The maximum atomic E-state index is 12.2. The van der Waals surface area contributed by atoms with E-state index in [9.17, 15) is 9.59 Å². The molecule has 0 aliphatic rings. The minimum absolute atomic E-state index is 0.0271. The smallest absolute Gasteiger partial charge is 0.310 e. The lowest BCUT2D eigenvalue weighted by atomic mass is 10.1. The Kier molecular flexibility index (Phi) is 3.99. The fraction of sp³-hybridized carbons (Fsp3) is 0.111. The highest BCUT2D eigenvalue weighted by Crippen LogP contribution is 2.17. The lowest BCUT2D eigenvalue weighted by Crippen LogP contribution is -2.15. The number of nitrogens with zero attached hydrogens (tertiary/aromatic N) is 3. The number of carbonyl (C=O) groups excluding carboxylic acids is 1. The fourth-order valence-corrected chi connectivity index (χ4v) is 3.37. The molecule has 0 unspecified atom stereocenters. The molecular weight excluding hydrogens is 338 g/mol. The summed E-state index contributed by atoms with van der Waals surface area (Å²) < 4.78 is 6.74. The van der Waals surface area contributed by atoms with Gasteiger partial charge in [-0.05, 0) is 11.6 Å². The standard InChI is InChI=1S/C18H13N3O3S/c22-15-10-14(20-18-21(15)7-8-25-18)11-24-16(23)9-13-4-1-3-12-5-2-6-19-17(12)13/h1-8,10H,9,11H2. The highest BCUT2D eigenvalue weighted by atomic mass is 32.1. The third-order valence-corrected chi connectivity index (χ3v) is 4.54. The van der Waals surface area contributed by atoms with Crippen molar-refractivity contribution < 1.29 is 9.53 Å². The van der Waals surface area contributed by atoms with Crippen LogP contribution in [0.4, 0.5) is 0 Å². The summed E-state index contributed by atoms with van der Waals surface area (Å²) in [6, 6.07) is 10.9. The molecule has 0 saturated carbocycles. The number of hydrogen-bond donors (Lipinski definition) is 0. The Morgan fingerprint density at radius 2 is 2.12 bits per heavy atom. The lowest BCUT2D eigenvalue weighted by molar-refractivity contribution is -0.144. The number of pyridine rings is 1. The van der Waals surface area contributed by atoms with E-state index in [2.05, 4.69) is 9.97 Å². The summed E-state index contributed by atoms with van der Waals surface area (Å²) in [5.41, 5.74) is 1.86. The number of thiazole rings is 1. The van der Waals surface area contributed by atoms with Crippen LogP contribution in [-0.4, -0.2) is 20.3 Å². The van der Waals surface area contributed by atoms with Gasteiger partial charge in [0.05, 0.1) is 17.6 Å². The van der Waals surface area contributed by atoms with Crippen LogP contribution in [0.25, 0.3) is 15.9 Å². The van der Waals surface area contributed by atoms with Gasteiger partial charge < -0.3 is 4.74 Å². The fourth-order valence-electron chi connectivity index (χ4n) is 2.63. The third kappa shape index (κ3) is 3.14. The zero-order valence-electron chi connectivity index (χ0n) is 13.1. The minimum Gasteiger partial charge on any atom is -0.459 e. The Bertz CT molecular complexity index is 1130. The van der Waals surface area contributed by atoms with E-state index in [1.165, 1.54) is 21.8 Å². The van der Waals surface area contributed by atoms with Gasteiger partial charge in [0.1, 0.15) is 6.61 Å². The van der Waals surface area contributed by atoms with Crippen molar-refractivity contribution in [2.24, 2.45) is 0 Å². The van der Waals surface area contributed by atoms with E-state index in [1.54, 1.807) is 17.8 Å². The molecule has 25 heavy (non-hydrogen) atoms. The molecule has 3 heterocycles. The normalized spacial score (nSPS) is 11.0. The van der Waals surface area contributed by atoms with Gasteiger partial charge in [-0.15, -0.1) is 11.3 Å². The topological polar surface area (TPSA) is 73.6 Å². The minimum atomic E-state index is -0.383. The molecule has 0 aliphatic heterocycles. The Balaban J connectivity index is 1.49. The van der Waals surface area contributed by atoms with Crippen molar-refractivity contribution in [1.29, 1.82) is 0 Å². The summed E-state index contributed by atoms with van der Waals surface area (Å²) in [6.45, 7) is -0.0271. The second kappa shape index (κ2) is 6.45. The van der Waals surface area contributed by atoms with Gasteiger partial charge in [-0.2, -0.15) is 0 Å². The third-order valence-electron chi connectivity index (χ3n) is 3.79. The second-order valence-corrected chi connectivity index (χ2v) is 6.34. The Morgan fingerprint density at radius 1 is 1.24 bits per heavy atom. The molecule has 4 aromatic rings. The van der Waals surface area contributed by atoms with Gasteiger partial charge in [0, 0.05) is 29.2 Å². The van der Waals surface area contributed by atoms with E-state index in [0.717, 1.165) is 16.5 Å². The number of hydrogen-bond acceptors (Lipinski definition) is 6. The van der Waals surface area contributed by atoms with Gasteiger partial charge >= 0.3 is 5.97 Å². The SMILES string of the molecule is O=C(Cc1cccc2cccnc12)OCc1cc(=O)n2ccsc2n1. The van der Waals surface area contributed by atoms with E-state index >= 15 is 0 Å². The average Bonchev–Trinajstić information content (AvgIpc) is 3.10. The quantitative estimate of drug-likeness (QED) is 0.528. The van der Waals surface area contributed by atoms with Crippen LogP contribution in [-0.2, 0) is 22.6 Å². The first-order valence-corrected chi connectivity index (χ1v) is 8.53. The van der Waals surface area contributed by atoms with Crippen LogP contribution >= 0.6 is 11.3 Å². The summed E-state index contributed by atoms with van der Waals surface area (Å²) in [4.78, 5) is 33.3. The Labute approximate surface area is 146 Å². The van der Waals surface area contributed by atoms with Gasteiger partial charge in [-0.25, -0.2) is 4.98 Å². The molecule has 0 atom stereocenters. The molecule has 0 amide bonds. The molecule has 0 bridgehead atoms. The van der Waals surface area contributed by atoms with Crippen LogP contribution in [0.5, 0.6) is 0 Å². The van der Waals surface area contributed by atoms with Gasteiger partial charge in [-0.1, -0.05) is 24.3 Å². The maximum Gasteiger partial charge on any atom is 0.310 e. The number of ether oxygens (including phenoxy) is 1. The molecule has 1 aromatic carbocycles. The van der Waals surface area contributed by atoms with Crippen molar-refractivity contribution in [3.63, 3.8) is 0 Å². The van der Waals surface area contributed by atoms with Crippen molar-refractivity contribution in [1.82, 2.24) is 14.4 Å². The highest BCUT2D eigenvalue weighted by molar-refractivity contribution is 7.15. The predicted molar refractivity (Wildman–Crippen MR) is 94.6 cm³/mol. The first kappa shape index (κ1) is 15.5. The summed E-state index contributed by atoms with van der Waals surface area (Å²) in [5, 5.41) is 2.76. The van der Waals surface area contributed by atoms with Crippen molar-refractivity contribution in [2.75, 3.05) is 0 Å². The van der Waals surface area contributed by atoms with E-state index in [4.69, 9.17) is 4.74 Å². The van der Waals surface area contributed by atoms with E-state index < -0.39 is 0 Å². The van der Waals surface area contributed by atoms with Crippen molar-refractivity contribution in [3.05, 3.63) is 75.8 Å². The molecule has 4 rings (SSSR count). The molecule has 124 valence electrons. The Hall–Kier alpha value is -3.06. The highest BCUT2D eigenvalue weighted by Gasteiger charge is 2.11. The molecule has 0 spiro atoms. The molecule has 6 nitrogen and oxygen atoms in total. The zero-order valence-corrected chi connectivity index (χ0v) is 13.9. The maximum absolute atomic E-state index is 12.2. The predicted octanol–water partition coefficient (Wildman–Crippen LogP) is 2.59. The molecule has 0 fully saturated rings. The molecule has 0 aliphatic carbocycles. The molecule has 3 aromatic heterocycles. The van der Waals surface area contributed by atoms with Crippen LogP contribution in [0.15, 0.2) is 59.0 Å². The van der Waals surface area contributed by atoms with Gasteiger partial charge in [0.25, 0.3) is 5.56 Å². The first-order chi connectivity index (χ1) is 12.2. The summed E-state index contributed by atoms with van der Waals surface area (Å²) in [5.74, 6) is -0.383. The summed E-state index contributed by atoms with van der Waals surface area (Å²) >= 11 is 1.36. The molecule has 0 saturated heterocycles. The Morgan fingerprint density at radius 3 is 3.04 bits per heavy atom. The average molecular weight is 351 g/mol. The van der Waals surface area contributed by atoms with Crippen molar-refractivity contribution >= 4 is 33.2 Å². The summed E-state index contributed by atoms with van der Waals surface area (Å²) in [6.07, 6.45) is 3.48. The largest absolute Gasteiger partial charge is 0.459 e. The number of carbonyl (C=O) groups is 1. The number of rotatable bonds is 4. The van der Waals surface area contributed by atoms with Gasteiger partial charge in [-0.3, -0.25) is 19.0 Å². The van der Waals surface area contributed by atoms with Gasteiger partial charge in [0.2, 0.25) is 0 Å². The summed E-state index contributed by atoms with van der Waals surface area (Å²) in [7, 11) is 0. The molecular formula is C18H13N3O3S. The first-order valence-electron chi connectivity index (χ1n) is 7.65.